The van der Waals surface area contributed by atoms with Gasteiger partial charge in [0.1, 0.15) is 11.8 Å². The number of ether oxygens (including phenoxy) is 1. The number of para-hydroxylation sites is 2. The van der Waals surface area contributed by atoms with E-state index in [2.05, 4.69) is 26.2 Å². The summed E-state index contributed by atoms with van der Waals surface area (Å²) in [6.45, 7) is 4.20. The Bertz CT molecular complexity index is 1090. The number of carbonyl (C=O) groups excluding carboxylic acids is 1. The summed E-state index contributed by atoms with van der Waals surface area (Å²) in [6, 6.07) is 14.1. The van der Waals surface area contributed by atoms with Gasteiger partial charge in [-0.2, -0.15) is 4.68 Å². The molecule has 1 aromatic heterocycles. The standard InChI is InChI=1S/C20H19ClN6O2/c1-3-29-16-11-7-6-10-15(16)23-19(28)17-12(2)22-20-24-25-26-27(20)18(17)13-8-4-5-9-14(13)21/h4-11,18H,3H2,1-2H3,(H,23,28)(H,22,24,26). The van der Waals surface area contributed by atoms with Crippen molar-refractivity contribution in [2.24, 2.45) is 0 Å². The highest BCUT2D eigenvalue weighted by Crippen LogP contribution is 2.38. The molecule has 1 amide bonds. The molecule has 2 aromatic carbocycles. The van der Waals surface area contributed by atoms with E-state index < -0.39 is 6.04 Å². The van der Waals surface area contributed by atoms with Crippen LogP contribution in [-0.4, -0.2) is 32.7 Å². The van der Waals surface area contributed by atoms with E-state index >= 15 is 0 Å². The summed E-state index contributed by atoms with van der Waals surface area (Å²) in [5, 5.41) is 18.4. The van der Waals surface area contributed by atoms with Gasteiger partial charge in [-0.15, -0.1) is 0 Å². The van der Waals surface area contributed by atoms with Gasteiger partial charge in [-0.3, -0.25) is 4.79 Å². The number of anilines is 2. The van der Waals surface area contributed by atoms with Crippen molar-refractivity contribution in [3.63, 3.8) is 0 Å². The molecule has 0 saturated heterocycles. The third kappa shape index (κ3) is 3.54. The summed E-state index contributed by atoms with van der Waals surface area (Å²) in [5.74, 6) is 0.745. The Labute approximate surface area is 172 Å². The number of tetrazole rings is 1. The lowest BCUT2D eigenvalue weighted by Gasteiger charge is -2.28. The SMILES string of the molecule is CCOc1ccccc1NC(=O)C1=C(C)Nc2nnnn2C1c1ccccc1Cl. The van der Waals surface area contributed by atoms with Crippen molar-refractivity contribution >= 4 is 29.1 Å². The quantitative estimate of drug-likeness (QED) is 0.666. The number of aromatic nitrogens is 4. The number of fused-ring (bicyclic) bond motifs is 1. The minimum Gasteiger partial charge on any atom is -0.492 e. The van der Waals surface area contributed by atoms with E-state index in [1.807, 2.05) is 50.2 Å². The fourth-order valence-corrected chi connectivity index (χ4v) is 3.57. The second kappa shape index (κ2) is 7.92. The summed E-state index contributed by atoms with van der Waals surface area (Å²) in [6.07, 6.45) is 0. The van der Waals surface area contributed by atoms with Crippen LogP contribution in [0.1, 0.15) is 25.5 Å². The zero-order chi connectivity index (χ0) is 20.4. The number of nitrogens with one attached hydrogen (secondary N) is 2. The first-order chi connectivity index (χ1) is 14.1. The van der Waals surface area contributed by atoms with Gasteiger partial charge >= 0.3 is 0 Å². The lowest BCUT2D eigenvalue weighted by molar-refractivity contribution is -0.113. The molecule has 0 aliphatic carbocycles. The predicted molar refractivity (Wildman–Crippen MR) is 110 cm³/mol. The number of hydrogen-bond acceptors (Lipinski definition) is 6. The van der Waals surface area contributed by atoms with Crippen LogP contribution in [0.15, 0.2) is 59.8 Å². The van der Waals surface area contributed by atoms with Gasteiger partial charge in [0.15, 0.2) is 0 Å². The van der Waals surface area contributed by atoms with Gasteiger partial charge in [-0.1, -0.05) is 47.0 Å². The highest BCUT2D eigenvalue weighted by molar-refractivity contribution is 6.31. The van der Waals surface area contributed by atoms with Gasteiger partial charge < -0.3 is 15.4 Å². The van der Waals surface area contributed by atoms with E-state index in [9.17, 15) is 4.79 Å². The topological polar surface area (TPSA) is 94.0 Å². The molecule has 1 aliphatic rings. The molecule has 0 spiro atoms. The van der Waals surface area contributed by atoms with E-state index in [-0.39, 0.29) is 5.91 Å². The van der Waals surface area contributed by atoms with Gasteiger partial charge in [-0.25, -0.2) is 0 Å². The van der Waals surface area contributed by atoms with E-state index in [0.29, 0.717) is 40.3 Å². The zero-order valence-corrected chi connectivity index (χ0v) is 16.6. The van der Waals surface area contributed by atoms with Gasteiger partial charge in [0.25, 0.3) is 5.91 Å². The Morgan fingerprint density at radius 1 is 1.24 bits per heavy atom. The van der Waals surface area contributed by atoms with Crippen LogP contribution >= 0.6 is 11.6 Å². The molecule has 2 heterocycles. The first kappa shape index (κ1) is 18.9. The average Bonchev–Trinajstić information content (AvgIpc) is 3.17. The molecule has 148 valence electrons. The van der Waals surface area contributed by atoms with E-state index in [4.69, 9.17) is 16.3 Å². The normalized spacial score (nSPS) is 15.5. The van der Waals surface area contributed by atoms with E-state index in [1.165, 1.54) is 0 Å². The molecule has 29 heavy (non-hydrogen) atoms. The molecule has 9 heteroatoms. The molecule has 1 unspecified atom stereocenters. The van der Waals surface area contributed by atoms with Crippen molar-refractivity contribution in [2.75, 3.05) is 17.2 Å². The third-order valence-corrected chi connectivity index (χ3v) is 4.94. The van der Waals surface area contributed by atoms with Crippen LogP contribution in [0, 0.1) is 0 Å². The Hall–Kier alpha value is -3.39. The fraction of sp³-hybridized carbons (Fsp3) is 0.200. The van der Waals surface area contributed by atoms with Gasteiger partial charge in [0.2, 0.25) is 5.95 Å². The lowest BCUT2D eigenvalue weighted by Crippen LogP contribution is -2.31. The maximum absolute atomic E-state index is 13.4. The maximum Gasteiger partial charge on any atom is 0.255 e. The van der Waals surface area contributed by atoms with Crippen molar-refractivity contribution in [3.8, 4) is 5.75 Å². The number of rotatable bonds is 5. The Balaban J connectivity index is 1.76. The van der Waals surface area contributed by atoms with Crippen molar-refractivity contribution in [1.82, 2.24) is 20.2 Å². The van der Waals surface area contributed by atoms with Crippen molar-refractivity contribution in [2.45, 2.75) is 19.9 Å². The van der Waals surface area contributed by atoms with E-state index in [0.717, 1.165) is 5.56 Å². The first-order valence-corrected chi connectivity index (χ1v) is 9.51. The molecule has 1 aliphatic heterocycles. The number of benzene rings is 2. The number of halogens is 1. The van der Waals surface area contributed by atoms with Gasteiger partial charge in [0, 0.05) is 16.3 Å². The first-order valence-electron chi connectivity index (χ1n) is 9.13. The predicted octanol–water partition coefficient (Wildman–Crippen LogP) is 3.65. The molecule has 2 N–H and O–H groups in total. The minimum atomic E-state index is -0.575. The van der Waals surface area contributed by atoms with Crippen molar-refractivity contribution < 1.29 is 9.53 Å². The largest absolute Gasteiger partial charge is 0.492 e. The second-order valence-corrected chi connectivity index (χ2v) is 6.83. The summed E-state index contributed by atoms with van der Waals surface area (Å²) in [4.78, 5) is 13.4. The highest BCUT2D eigenvalue weighted by Gasteiger charge is 2.35. The number of carbonyl (C=O) groups is 1. The van der Waals surface area contributed by atoms with Crippen LogP contribution in [0.3, 0.4) is 0 Å². The van der Waals surface area contributed by atoms with Crippen LogP contribution in [0.2, 0.25) is 5.02 Å². The van der Waals surface area contributed by atoms with Crippen molar-refractivity contribution in [3.05, 3.63) is 70.4 Å². The summed E-state index contributed by atoms with van der Waals surface area (Å²) in [7, 11) is 0. The zero-order valence-electron chi connectivity index (χ0n) is 15.9. The molecule has 0 fully saturated rings. The van der Waals surface area contributed by atoms with Crippen LogP contribution in [0.25, 0.3) is 0 Å². The molecule has 4 rings (SSSR count). The maximum atomic E-state index is 13.4. The van der Waals surface area contributed by atoms with Gasteiger partial charge in [0.05, 0.1) is 17.9 Å². The molecular weight excluding hydrogens is 392 g/mol. The third-order valence-electron chi connectivity index (χ3n) is 4.59. The van der Waals surface area contributed by atoms with Crippen molar-refractivity contribution in [1.29, 1.82) is 0 Å². The average molecular weight is 411 g/mol. The Kier molecular flexibility index (Phi) is 5.18. The Morgan fingerprint density at radius 3 is 2.79 bits per heavy atom. The number of hydrogen-bond donors (Lipinski definition) is 2. The lowest BCUT2D eigenvalue weighted by atomic mass is 9.95. The summed E-state index contributed by atoms with van der Waals surface area (Å²) >= 11 is 6.46. The molecule has 8 nitrogen and oxygen atoms in total. The van der Waals surface area contributed by atoms with Crippen LogP contribution in [-0.2, 0) is 4.79 Å². The smallest absolute Gasteiger partial charge is 0.255 e. The summed E-state index contributed by atoms with van der Waals surface area (Å²) < 4.78 is 7.17. The molecule has 0 radical (unpaired) electrons. The fourth-order valence-electron chi connectivity index (χ4n) is 3.33. The molecule has 0 saturated carbocycles. The highest BCUT2D eigenvalue weighted by atomic mass is 35.5. The number of allylic oxidation sites excluding steroid dienone is 1. The van der Waals surface area contributed by atoms with Gasteiger partial charge in [-0.05, 0) is 42.5 Å². The summed E-state index contributed by atoms with van der Waals surface area (Å²) in [5.41, 5.74) is 2.42. The minimum absolute atomic E-state index is 0.298. The molecule has 3 aromatic rings. The molecule has 0 bridgehead atoms. The monoisotopic (exact) mass is 410 g/mol. The number of nitrogens with zero attached hydrogens (tertiary/aromatic N) is 4. The molecular formula is C20H19ClN6O2. The van der Waals surface area contributed by atoms with Crippen LogP contribution in [0.5, 0.6) is 5.75 Å². The van der Waals surface area contributed by atoms with Crippen LogP contribution in [0.4, 0.5) is 11.6 Å². The number of amides is 1. The second-order valence-electron chi connectivity index (χ2n) is 6.42. The Morgan fingerprint density at radius 2 is 2.00 bits per heavy atom. The molecule has 1 atom stereocenters. The van der Waals surface area contributed by atoms with Crippen LogP contribution < -0.4 is 15.4 Å². The van der Waals surface area contributed by atoms with E-state index in [1.54, 1.807) is 16.8 Å².